The van der Waals surface area contributed by atoms with Crippen LogP contribution < -0.4 is 9.76 Å². The predicted octanol–water partition coefficient (Wildman–Crippen LogP) is -1.19. The summed E-state index contributed by atoms with van der Waals surface area (Å²) < 4.78 is 11.8. The molecular formula is C4H11ClN2O2P+. The Morgan fingerprint density at radius 1 is 1.70 bits per heavy atom. The molecular weight excluding hydrogens is 174 g/mol. The van der Waals surface area contributed by atoms with E-state index in [0.29, 0.717) is 12.4 Å². The third kappa shape index (κ3) is 2.22. The van der Waals surface area contributed by atoms with Gasteiger partial charge in [-0.25, -0.2) is 9.24 Å². The highest BCUT2D eigenvalue weighted by Gasteiger charge is 2.42. The lowest BCUT2D eigenvalue weighted by atomic mass is 10.8. The van der Waals surface area contributed by atoms with Gasteiger partial charge in [0.2, 0.25) is 0 Å². The Kier molecular flexibility index (Phi) is 2.72. The van der Waals surface area contributed by atoms with E-state index in [4.69, 9.17) is 16.5 Å². The fourth-order valence-electron chi connectivity index (χ4n) is 0.665. The molecule has 4 nitrogen and oxygen atoms in total. The minimum atomic E-state index is -3.09. The molecule has 0 amide bonds. The first kappa shape index (κ1) is 8.50. The minimum Gasteiger partial charge on any atom is -0.289 e. The smallest absolute Gasteiger partial charge is 0.289 e. The molecule has 10 heavy (non-hydrogen) atoms. The zero-order valence-electron chi connectivity index (χ0n) is 5.51. The Morgan fingerprint density at radius 3 is 2.70 bits per heavy atom. The second-order valence-corrected chi connectivity index (χ2v) is 4.72. The lowest BCUT2D eigenvalue weighted by Crippen LogP contribution is -2.88. The van der Waals surface area contributed by atoms with Gasteiger partial charge in [0.15, 0.2) is 0 Å². The fourth-order valence-corrected chi connectivity index (χ4v) is 2.25. The lowest BCUT2D eigenvalue weighted by molar-refractivity contribution is -0.622. The van der Waals surface area contributed by atoms with Gasteiger partial charge in [-0.3, -0.25) is 4.89 Å². The van der Waals surface area contributed by atoms with Crippen molar-refractivity contribution >= 4 is 19.3 Å². The molecule has 60 valence electrons. The van der Waals surface area contributed by atoms with E-state index in [1.807, 2.05) is 0 Å². The molecule has 0 aromatic rings. The second kappa shape index (κ2) is 3.20. The van der Waals surface area contributed by atoms with Crippen LogP contribution in [0.2, 0.25) is 0 Å². The minimum absolute atomic E-state index is 0.373. The lowest BCUT2D eigenvalue weighted by Gasteiger charge is -2.06. The molecule has 1 saturated heterocycles. The van der Waals surface area contributed by atoms with Gasteiger partial charge >= 0.3 is 7.67 Å². The first-order valence-corrected chi connectivity index (χ1v) is 5.35. The molecule has 1 rings (SSSR count). The quantitative estimate of drug-likeness (QED) is 0.294. The first-order chi connectivity index (χ1) is 4.67. The number of alkyl halides is 1. The standard InChI is InChI=1S/C4H10ClN2O2P/c5-1-2-6-10(8,9)7-3-4-7/h1-4H2,(H2,6,8,9)/p+1. The van der Waals surface area contributed by atoms with Crippen molar-refractivity contribution in [2.24, 2.45) is 0 Å². The average molecular weight is 186 g/mol. The average Bonchev–Trinajstić information content (AvgIpc) is 2.64. The van der Waals surface area contributed by atoms with Crippen molar-refractivity contribution in [3.05, 3.63) is 0 Å². The van der Waals surface area contributed by atoms with Gasteiger partial charge in [-0.2, -0.15) is 5.09 Å². The van der Waals surface area contributed by atoms with Crippen LogP contribution in [0, 0.1) is 0 Å². The van der Waals surface area contributed by atoms with Gasteiger partial charge in [-0.15, -0.1) is 11.6 Å². The van der Waals surface area contributed by atoms with Gasteiger partial charge in [-0.1, -0.05) is 0 Å². The highest BCUT2D eigenvalue weighted by Crippen LogP contribution is 2.24. The van der Waals surface area contributed by atoms with Gasteiger partial charge in [0.25, 0.3) is 0 Å². The molecule has 1 unspecified atom stereocenters. The molecule has 0 saturated carbocycles. The molecule has 1 atom stereocenters. The van der Waals surface area contributed by atoms with Crippen LogP contribution in [0.25, 0.3) is 0 Å². The van der Waals surface area contributed by atoms with E-state index in [0.717, 1.165) is 17.8 Å². The highest BCUT2D eigenvalue weighted by atomic mass is 35.5. The number of hydrogen-bond acceptors (Lipinski definition) is 1. The molecule has 1 fully saturated rings. The molecule has 1 aliphatic rings. The first-order valence-electron chi connectivity index (χ1n) is 3.16. The maximum absolute atomic E-state index is 11.1. The Bertz CT molecular complexity index is 161. The van der Waals surface area contributed by atoms with Crippen LogP contribution in [-0.2, 0) is 4.57 Å². The molecule has 0 aromatic carbocycles. The topological polar surface area (TPSA) is 53.8 Å². The summed E-state index contributed by atoms with van der Waals surface area (Å²) in [7, 11) is -3.09. The Balaban J connectivity index is 2.28. The zero-order valence-corrected chi connectivity index (χ0v) is 7.16. The summed E-state index contributed by atoms with van der Waals surface area (Å²) in [5.74, 6) is 0.373. The van der Waals surface area contributed by atoms with Crippen LogP contribution in [-0.4, -0.2) is 30.4 Å². The van der Waals surface area contributed by atoms with Crippen molar-refractivity contribution in [2.75, 3.05) is 25.5 Å². The number of rotatable bonds is 4. The largest absolute Gasteiger partial charge is 0.457 e. The number of nitrogens with one attached hydrogen (secondary N) is 2. The zero-order chi connectivity index (χ0) is 7.61. The van der Waals surface area contributed by atoms with Crippen LogP contribution in [0.15, 0.2) is 0 Å². The summed E-state index contributed by atoms with van der Waals surface area (Å²) in [5.41, 5.74) is 0. The van der Waals surface area contributed by atoms with E-state index in [1.54, 1.807) is 0 Å². The maximum Gasteiger partial charge on any atom is 0.457 e. The van der Waals surface area contributed by atoms with Crippen LogP contribution in [0.5, 0.6) is 0 Å². The van der Waals surface area contributed by atoms with Crippen LogP contribution in [0.1, 0.15) is 0 Å². The van der Waals surface area contributed by atoms with Gasteiger partial charge in [0.1, 0.15) is 13.1 Å². The van der Waals surface area contributed by atoms with Gasteiger partial charge in [-0.05, 0) is 0 Å². The van der Waals surface area contributed by atoms with Crippen LogP contribution in [0.3, 0.4) is 0 Å². The number of halogens is 1. The number of hydrogen-bond donors (Lipinski definition) is 3. The van der Waals surface area contributed by atoms with Crippen molar-refractivity contribution in [1.29, 1.82) is 0 Å². The third-order valence-corrected chi connectivity index (χ3v) is 3.47. The monoisotopic (exact) mass is 185 g/mol. The summed E-state index contributed by atoms with van der Waals surface area (Å²) in [6.07, 6.45) is 0. The van der Waals surface area contributed by atoms with Crippen molar-refractivity contribution in [3.8, 4) is 0 Å². The predicted molar refractivity (Wildman–Crippen MR) is 39.2 cm³/mol. The Hall–Kier alpha value is 0.400. The Labute approximate surface area is 64.7 Å². The normalized spacial score (nSPS) is 24.2. The summed E-state index contributed by atoms with van der Waals surface area (Å²) in [5, 5.41) is 2.51. The molecule has 3 N–H and O–H groups in total. The highest BCUT2D eigenvalue weighted by molar-refractivity contribution is 7.48. The Morgan fingerprint density at radius 2 is 2.30 bits per heavy atom. The van der Waals surface area contributed by atoms with Crippen molar-refractivity contribution in [2.45, 2.75) is 0 Å². The fraction of sp³-hybridized carbons (Fsp3) is 1.00. The SMILES string of the molecule is O=P(O)(NCCCl)[NH+]1CC1. The van der Waals surface area contributed by atoms with E-state index in [1.165, 1.54) is 0 Å². The van der Waals surface area contributed by atoms with Crippen molar-refractivity contribution < 1.29 is 14.1 Å². The summed E-state index contributed by atoms with van der Waals surface area (Å²) in [6, 6.07) is 0. The summed E-state index contributed by atoms with van der Waals surface area (Å²) >= 11 is 5.33. The maximum atomic E-state index is 11.1. The van der Waals surface area contributed by atoms with Gasteiger partial charge in [0.05, 0.1) is 0 Å². The molecule has 0 bridgehead atoms. The van der Waals surface area contributed by atoms with Crippen molar-refractivity contribution in [1.82, 2.24) is 5.09 Å². The molecule has 1 heterocycles. The molecule has 0 aliphatic carbocycles. The van der Waals surface area contributed by atoms with Gasteiger partial charge in [0, 0.05) is 12.4 Å². The van der Waals surface area contributed by atoms with Crippen LogP contribution >= 0.6 is 19.3 Å². The van der Waals surface area contributed by atoms with Crippen molar-refractivity contribution in [3.63, 3.8) is 0 Å². The molecule has 0 radical (unpaired) electrons. The number of quaternary nitrogens is 1. The van der Waals surface area contributed by atoms with E-state index >= 15 is 0 Å². The van der Waals surface area contributed by atoms with E-state index in [-0.39, 0.29) is 0 Å². The summed E-state index contributed by atoms with van der Waals surface area (Å²) in [6.45, 7) is 1.99. The van der Waals surface area contributed by atoms with E-state index in [9.17, 15) is 4.57 Å². The molecule has 6 heteroatoms. The van der Waals surface area contributed by atoms with E-state index < -0.39 is 7.67 Å². The summed E-state index contributed by atoms with van der Waals surface area (Å²) in [4.78, 5) is 9.13. The second-order valence-electron chi connectivity index (χ2n) is 2.24. The van der Waals surface area contributed by atoms with E-state index in [2.05, 4.69) is 5.09 Å². The molecule has 1 aliphatic heterocycles. The van der Waals surface area contributed by atoms with Gasteiger partial charge < -0.3 is 0 Å². The third-order valence-electron chi connectivity index (χ3n) is 1.32. The molecule has 0 aromatic heterocycles. The van der Waals surface area contributed by atoms with Crippen LogP contribution in [0.4, 0.5) is 0 Å². The molecule has 0 spiro atoms.